The molecule has 8 nitrogen and oxygen atoms in total. The first-order chi connectivity index (χ1) is 13.5. The maximum Gasteiger partial charge on any atom is 0.288 e. The van der Waals surface area contributed by atoms with Gasteiger partial charge in [-0.3, -0.25) is 9.59 Å². The van der Waals surface area contributed by atoms with E-state index in [1.165, 1.54) is 20.6 Å². The van der Waals surface area contributed by atoms with E-state index in [2.05, 4.69) is 15.3 Å². The maximum absolute atomic E-state index is 12.5. The summed E-state index contributed by atoms with van der Waals surface area (Å²) < 4.78 is 11.4. The Kier molecular flexibility index (Phi) is 6.41. The van der Waals surface area contributed by atoms with E-state index in [0.29, 0.717) is 22.9 Å². The van der Waals surface area contributed by atoms with Gasteiger partial charge in [0.05, 0.1) is 26.1 Å². The van der Waals surface area contributed by atoms with Crippen LogP contribution in [0.3, 0.4) is 0 Å². The number of nitrogens with zero attached hydrogens (tertiary/aromatic N) is 3. The number of hydrogen-bond donors (Lipinski definition) is 1. The largest absolute Gasteiger partial charge is 0.493 e. The van der Waals surface area contributed by atoms with Crippen LogP contribution in [0.15, 0.2) is 29.2 Å². The minimum Gasteiger partial charge on any atom is -0.493 e. The number of carbonyl (C=O) groups excluding carboxylic acids is 1. The second-order valence-corrected chi connectivity index (χ2v) is 6.85. The maximum atomic E-state index is 12.5. The van der Waals surface area contributed by atoms with E-state index in [0.717, 1.165) is 30.6 Å². The van der Waals surface area contributed by atoms with Crippen molar-refractivity contribution >= 4 is 28.9 Å². The van der Waals surface area contributed by atoms with Gasteiger partial charge in [-0.15, -0.1) is 0 Å². The fourth-order valence-corrected chi connectivity index (χ4v) is 3.44. The van der Waals surface area contributed by atoms with Gasteiger partial charge < -0.3 is 19.7 Å². The zero-order valence-corrected chi connectivity index (χ0v) is 16.7. The molecule has 1 aliphatic heterocycles. The van der Waals surface area contributed by atoms with Gasteiger partial charge in [-0.25, -0.2) is 4.68 Å². The Morgan fingerprint density at radius 3 is 2.57 bits per heavy atom. The minimum atomic E-state index is -0.479. The molecular weight excluding hydrogens is 384 g/mol. The van der Waals surface area contributed by atoms with Crippen LogP contribution in [0.4, 0.5) is 11.4 Å². The first kappa shape index (κ1) is 20.0. The molecule has 1 N–H and O–H groups in total. The van der Waals surface area contributed by atoms with Crippen LogP contribution in [0.2, 0.25) is 5.02 Å². The number of ether oxygens (including phenoxy) is 2. The highest BCUT2D eigenvalue weighted by Gasteiger charge is 2.18. The van der Waals surface area contributed by atoms with Gasteiger partial charge >= 0.3 is 0 Å². The zero-order chi connectivity index (χ0) is 20.1. The Bertz CT molecular complexity index is 909. The number of hydrogen-bond acceptors (Lipinski definition) is 6. The Morgan fingerprint density at radius 2 is 1.89 bits per heavy atom. The van der Waals surface area contributed by atoms with E-state index in [4.69, 9.17) is 21.1 Å². The molecule has 3 rings (SSSR count). The molecule has 2 aromatic rings. The molecule has 1 aliphatic rings. The molecule has 0 unspecified atom stereocenters. The molecule has 1 aromatic carbocycles. The summed E-state index contributed by atoms with van der Waals surface area (Å²) in [5, 5.41) is 6.94. The van der Waals surface area contributed by atoms with Crippen LogP contribution in [0.1, 0.15) is 19.3 Å². The molecule has 1 amide bonds. The molecule has 1 saturated heterocycles. The van der Waals surface area contributed by atoms with Crippen molar-refractivity contribution in [2.45, 2.75) is 25.8 Å². The van der Waals surface area contributed by atoms with E-state index < -0.39 is 11.5 Å². The SMILES string of the molecule is COc1ccc(NC(=O)Cn2ncc(N3CCCCC3)c(Cl)c2=O)cc1OC. The summed E-state index contributed by atoms with van der Waals surface area (Å²) in [5.74, 6) is 0.645. The Balaban J connectivity index is 1.72. The molecule has 0 bridgehead atoms. The van der Waals surface area contributed by atoms with Crippen molar-refractivity contribution in [2.24, 2.45) is 0 Å². The molecular formula is C19H23ClN4O4. The Morgan fingerprint density at radius 1 is 1.18 bits per heavy atom. The third-order valence-electron chi connectivity index (χ3n) is 4.62. The smallest absolute Gasteiger partial charge is 0.288 e. The normalized spacial score (nSPS) is 13.9. The van der Waals surface area contributed by atoms with Crippen LogP contribution in [0, 0.1) is 0 Å². The summed E-state index contributed by atoms with van der Waals surface area (Å²) in [6.45, 7) is 1.46. The van der Waals surface area contributed by atoms with Crippen molar-refractivity contribution in [1.29, 1.82) is 0 Å². The number of amides is 1. The molecule has 0 radical (unpaired) electrons. The van der Waals surface area contributed by atoms with Crippen molar-refractivity contribution in [2.75, 3.05) is 37.5 Å². The van der Waals surface area contributed by atoms with Crippen molar-refractivity contribution < 1.29 is 14.3 Å². The van der Waals surface area contributed by atoms with E-state index in [1.54, 1.807) is 24.4 Å². The van der Waals surface area contributed by atoms with Crippen LogP contribution in [-0.2, 0) is 11.3 Å². The number of carbonyl (C=O) groups is 1. The first-order valence-corrected chi connectivity index (χ1v) is 9.43. The van der Waals surface area contributed by atoms with E-state index in [9.17, 15) is 9.59 Å². The van der Waals surface area contributed by atoms with Gasteiger partial charge in [0.1, 0.15) is 11.6 Å². The average molecular weight is 407 g/mol. The van der Waals surface area contributed by atoms with Gasteiger partial charge in [-0.1, -0.05) is 11.6 Å². The molecule has 0 aliphatic carbocycles. The standard InChI is InChI=1S/C19H23ClN4O4/c1-27-15-7-6-13(10-16(15)28-2)22-17(25)12-24-19(26)18(20)14(11-21-24)23-8-4-3-5-9-23/h6-7,10-11H,3-5,8-9,12H2,1-2H3,(H,22,25). The van der Waals surface area contributed by atoms with E-state index >= 15 is 0 Å². The van der Waals surface area contributed by atoms with Gasteiger partial charge in [-0.2, -0.15) is 5.10 Å². The van der Waals surface area contributed by atoms with Crippen LogP contribution >= 0.6 is 11.6 Å². The molecule has 0 saturated carbocycles. The molecule has 2 heterocycles. The zero-order valence-electron chi connectivity index (χ0n) is 15.9. The number of piperidine rings is 1. The lowest BCUT2D eigenvalue weighted by atomic mass is 10.1. The third-order valence-corrected chi connectivity index (χ3v) is 4.98. The van der Waals surface area contributed by atoms with Crippen molar-refractivity contribution in [3.8, 4) is 11.5 Å². The molecule has 0 spiro atoms. The first-order valence-electron chi connectivity index (χ1n) is 9.06. The van der Waals surface area contributed by atoms with Gasteiger partial charge in [-0.05, 0) is 31.4 Å². The number of benzene rings is 1. The minimum absolute atomic E-state index is 0.0933. The summed E-state index contributed by atoms with van der Waals surface area (Å²) in [6.07, 6.45) is 4.86. The van der Waals surface area contributed by atoms with Gasteiger partial charge in [0.15, 0.2) is 11.5 Å². The van der Waals surface area contributed by atoms with Crippen LogP contribution in [-0.4, -0.2) is 43.0 Å². The quantitative estimate of drug-likeness (QED) is 0.793. The lowest BCUT2D eigenvalue weighted by Gasteiger charge is -2.29. The van der Waals surface area contributed by atoms with Crippen LogP contribution in [0.25, 0.3) is 0 Å². The molecule has 0 atom stereocenters. The number of aromatic nitrogens is 2. The second-order valence-electron chi connectivity index (χ2n) is 6.47. The van der Waals surface area contributed by atoms with Crippen molar-refractivity contribution in [3.63, 3.8) is 0 Å². The van der Waals surface area contributed by atoms with Crippen molar-refractivity contribution in [3.05, 3.63) is 39.8 Å². The topological polar surface area (TPSA) is 85.7 Å². The number of methoxy groups -OCH3 is 2. The fourth-order valence-electron chi connectivity index (χ4n) is 3.17. The number of rotatable bonds is 6. The van der Waals surface area contributed by atoms with E-state index in [1.807, 2.05) is 0 Å². The lowest BCUT2D eigenvalue weighted by Crippen LogP contribution is -2.34. The molecule has 28 heavy (non-hydrogen) atoms. The highest BCUT2D eigenvalue weighted by molar-refractivity contribution is 6.33. The Hall–Kier alpha value is -2.74. The summed E-state index contributed by atoms with van der Waals surface area (Å²) in [4.78, 5) is 26.9. The highest BCUT2D eigenvalue weighted by Crippen LogP contribution is 2.29. The van der Waals surface area contributed by atoms with Crippen LogP contribution in [0.5, 0.6) is 11.5 Å². The van der Waals surface area contributed by atoms with Gasteiger partial charge in [0.2, 0.25) is 5.91 Å². The summed E-state index contributed by atoms with van der Waals surface area (Å²) in [7, 11) is 3.05. The number of halogens is 1. The van der Waals surface area contributed by atoms with E-state index in [-0.39, 0.29) is 11.6 Å². The lowest BCUT2D eigenvalue weighted by molar-refractivity contribution is -0.117. The van der Waals surface area contributed by atoms with Crippen LogP contribution < -0.4 is 25.2 Å². The Labute approximate surface area is 168 Å². The molecule has 1 fully saturated rings. The predicted molar refractivity (Wildman–Crippen MR) is 108 cm³/mol. The fraction of sp³-hybridized carbons (Fsp3) is 0.421. The van der Waals surface area contributed by atoms with Crippen molar-refractivity contribution in [1.82, 2.24) is 9.78 Å². The molecule has 1 aromatic heterocycles. The third kappa shape index (κ3) is 4.39. The highest BCUT2D eigenvalue weighted by atomic mass is 35.5. The number of anilines is 2. The number of nitrogens with one attached hydrogen (secondary N) is 1. The summed E-state index contributed by atoms with van der Waals surface area (Å²) in [6, 6.07) is 5.00. The predicted octanol–water partition coefficient (Wildman–Crippen LogP) is 2.54. The second kappa shape index (κ2) is 8.97. The summed E-state index contributed by atoms with van der Waals surface area (Å²) >= 11 is 6.27. The molecule has 9 heteroatoms. The van der Waals surface area contributed by atoms with Gasteiger partial charge in [0.25, 0.3) is 5.56 Å². The molecule has 150 valence electrons. The summed E-state index contributed by atoms with van der Waals surface area (Å²) in [5.41, 5.74) is 0.668. The van der Waals surface area contributed by atoms with Gasteiger partial charge in [0, 0.05) is 24.8 Å². The average Bonchev–Trinajstić information content (AvgIpc) is 2.72. The monoisotopic (exact) mass is 406 g/mol.